The third-order valence-corrected chi connectivity index (χ3v) is 3.82. The van der Waals surface area contributed by atoms with Gasteiger partial charge >= 0.3 is 0 Å². The van der Waals surface area contributed by atoms with Crippen molar-refractivity contribution in [3.05, 3.63) is 18.1 Å². The van der Waals surface area contributed by atoms with E-state index >= 15 is 0 Å². The number of carbonyl (C=O) groups excluding carboxylic acids is 1. The maximum Gasteiger partial charge on any atom is 0.274 e. The second-order valence-electron chi connectivity index (χ2n) is 5.23. The molecule has 110 valence electrons. The van der Waals surface area contributed by atoms with Crippen LogP contribution in [-0.2, 0) is 0 Å². The second-order valence-corrected chi connectivity index (χ2v) is 5.23. The fourth-order valence-corrected chi connectivity index (χ4v) is 2.75. The van der Waals surface area contributed by atoms with Gasteiger partial charge in [-0.1, -0.05) is 19.8 Å². The molecule has 0 saturated carbocycles. The summed E-state index contributed by atoms with van der Waals surface area (Å²) in [6.07, 6.45) is 8.84. The largest absolute Gasteiger partial charge is 0.369 e. The topological polar surface area (TPSA) is 58.1 Å². The van der Waals surface area contributed by atoms with Crippen molar-refractivity contribution in [2.75, 3.05) is 18.4 Å². The van der Waals surface area contributed by atoms with E-state index in [1.807, 2.05) is 11.8 Å². The van der Waals surface area contributed by atoms with Crippen molar-refractivity contribution in [1.29, 1.82) is 0 Å². The number of nitrogens with zero attached hydrogens (tertiary/aromatic N) is 3. The van der Waals surface area contributed by atoms with Crippen molar-refractivity contribution < 1.29 is 4.79 Å². The Labute approximate surface area is 120 Å². The molecular weight excluding hydrogens is 252 g/mol. The molecule has 0 radical (unpaired) electrons. The van der Waals surface area contributed by atoms with Crippen LogP contribution in [0.15, 0.2) is 12.4 Å². The molecule has 1 aliphatic rings. The molecule has 20 heavy (non-hydrogen) atoms. The summed E-state index contributed by atoms with van der Waals surface area (Å²) in [5.41, 5.74) is 0.448. The SMILES string of the molecule is CCNc1cncc(C(=O)N2CCCCCC2CC)n1. The Hall–Kier alpha value is -1.65. The van der Waals surface area contributed by atoms with Crippen LogP contribution in [0.4, 0.5) is 5.82 Å². The van der Waals surface area contributed by atoms with Crippen molar-refractivity contribution in [1.82, 2.24) is 14.9 Å². The van der Waals surface area contributed by atoms with Gasteiger partial charge < -0.3 is 10.2 Å². The van der Waals surface area contributed by atoms with Crippen molar-refractivity contribution in [2.45, 2.75) is 52.0 Å². The quantitative estimate of drug-likeness (QED) is 0.918. The summed E-state index contributed by atoms with van der Waals surface area (Å²) < 4.78 is 0. The minimum atomic E-state index is 0.0194. The number of rotatable bonds is 4. The lowest BCUT2D eigenvalue weighted by Gasteiger charge is -2.29. The summed E-state index contributed by atoms with van der Waals surface area (Å²) in [6, 6.07) is 0.342. The van der Waals surface area contributed by atoms with Crippen LogP contribution in [-0.4, -0.2) is 39.9 Å². The number of hydrogen-bond acceptors (Lipinski definition) is 4. The number of carbonyl (C=O) groups is 1. The van der Waals surface area contributed by atoms with E-state index in [1.165, 1.54) is 12.8 Å². The molecule has 5 heteroatoms. The molecule has 1 atom stereocenters. The molecule has 1 aromatic heterocycles. The van der Waals surface area contributed by atoms with E-state index in [2.05, 4.69) is 22.2 Å². The van der Waals surface area contributed by atoms with Crippen molar-refractivity contribution in [2.24, 2.45) is 0 Å². The average molecular weight is 276 g/mol. The molecule has 5 nitrogen and oxygen atoms in total. The predicted molar refractivity (Wildman–Crippen MR) is 79.8 cm³/mol. The zero-order chi connectivity index (χ0) is 14.4. The molecule has 0 spiro atoms. The van der Waals surface area contributed by atoms with Gasteiger partial charge in [-0.2, -0.15) is 0 Å². The summed E-state index contributed by atoms with van der Waals surface area (Å²) in [5.74, 6) is 0.687. The zero-order valence-corrected chi connectivity index (χ0v) is 12.4. The Morgan fingerprint density at radius 3 is 2.95 bits per heavy atom. The standard InChI is InChI=1S/C15H24N4O/c1-3-12-8-6-5-7-9-19(12)15(20)13-10-16-11-14(18-13)17-4-2/h10-12H,3-9H2,1-2H3,(H,17,18). The van der Waals surface area contributed by atoms with Gasteiger partial charge in [0.05, 0.1) is 12.4 Å². The summed E-state index contributed by atoms with van der Waals surface area (Å²) >= 11 is 0. The summed E-state index contributed by atoms with van der Waals surface area (Å²) in [5, 5.41) is 3.10. The first-order chi connectivity index (χ1) is 9.76. The van der Waals surface area contributed by atoms with Gasteiger partial charge in [0.2, 0.25) is 0 Å². The Morgan fingerprint density at radius 2 is 2.20 bits per heavy atom. The van der Waals surface area contributed by atoms with E-state index in [-0.39, 0.29) is 5.91 Å². The minimum Gasteiger partial charge on any atom is -0.369 e. The Bertz CT molecular complexity index is 449. The molecule has 1 aromatic rings. The number of likely N-dealkylation sites (tertiary alicyclic amines) is 1. The van der Waals surface area contributed by atoms with Crippen LogP contribution in [0.25, 0.3) is 0 Å². The fourth-order valence-electron chi connectivity index (χ4n) is 2.75. The molecule has 0 aliphatic carbocycles. The third kappa shape index (κ3) is 3.46. The molecule has 2 rings (SSSR count). The highest BCUT2D eigenvalue weighted by atomic mass is 16.2. The van der Waals surface area contributed by atoms with Crippen LogP contribution in [0.2, 0.25) is 0 Å². The van der Waals surface area contributed by atoms with E-state index in [4.69, 9.17) is 0 Å². The number of anilines is 1. The smallest absolute Gasteiger partial charge is 0.274 e. The van der Waals surface area contributed by atoms with Gasteiger partial charge in [0.1, 0.15) is 11.5 Å². The van der Waals surface area contributed by atoms with Crippen LogP contribution in [0.1, 0.15) is 56.4 Å². The van der Waals surface area contributed by atoms with Crippen LogP contribution < -0.4 is 5.32 Å². The first-order valence-electron chi connectivity index (χ1n) is 7.63. The van der Waals surface area contributed by atoms with Crippen LogP contribution in [0.3, 0.4) is 0 Å². The Kier molecular flexibility index (Phi) is 5.32. The van der Waals surface area contributed by atoms with Gasteiger partial charge in [0, 0.05) is 19.1 Å². The molecule has 1 fully saturated rings. The third-order valence-electron chi connectivity index (χ3n) is 3.82. The molecular formula is C15H24N4O. The van der Waals surface area contributed by atoms with Crippen LogP contribution in [0, 0.1) is 0 Å². The van der Waals surface area contributed by atoms with Gasteiger partial charge in [0.25, 0.3) is 5.91 Å². The molecule has 2 heterocycles. The van der Waals surface area contributed by atoms with Crippen molar-refractivity contribution in [3.8, 4) is 0 Å². The zero-order valence-electron chi connectivity index (χ0n) is 12.4. The van der Waals surface area contributed by atoms with Gasteiger partial charge in [-0.3, -0.25) is 9.78 Å². The summed E-state index contributed by atoms with van der Waals surface area (Å²) in [7, 11) is 0. The van der Waals surface area contributed by atoms with E-state index in [1.54, 1.807) is 12.4 Å². The molecule has 1 N–H and O–H groups in total. The summed E-state index contributed by atoms with van der Waals surface area (Å²) in [4.78, 5) is 23.2. The van der Waals surface area contributed by atoms with Gasteiger partial charge in [0.15, 0.2) is 0 Å². The minimum absolute atomic E-state index is 0.0194. The predicted octanol–water partition coefficient (Wildman–Crippen LogP) is 2.70. The lowest BCUT2D eigenvalue weighted by molar-refractivity contribution is 0.0672. The molecule has 1 aliphatic heterocycles. The molecule has 0 bridgehead atoms. The highest BCUT2D eigenvalue weighted by molar-refractivity contribution is 5.92. The first-order valence-corrected chi connectivity index (χ1v) is 7.63. The number of nitrogens with one attached hydrogen (secondary N) is 1. The Morgan fingerprint density at radius 1 is 1.35 bits per heavy atom. The highest BCUT2D eigenvalue weighted by Gasteiger charge is 2.26. The van der Waals surface area contributed by atoms with Gasteiger partial charge in [-0.05, 0) is 26.2 Å². The maximum absolute atomic E-state index is 12.7. The highest BCUT2D eigenvalue weighted by Crippen LogP contribution is 2.21. The maximum atomic E-state index is 12.7. The van der Waals surface area contributed by atoms with Crippen molar-refractivity contribution >= 4 is 11.7 Å². The average Bonchev–Trinajstić information content (AvgIpc) is 2.72. The van der Waals surface area contributed by atoms with E-state index < -0.39 is 0 Å². The second kappa shape index (κ2) is 7.22. The van der Waals surface area contributed by atoms with Crippen LogP contribution in [0.5, 0.6) is 0 Å². The van der Waals surface area contributed by atoms with E-state index in [0.29, 0.717) is 17.6 Å². The number of hydrogen-bond donors (Lipinski definition) is 1. The normalized spacial score (nSPS) is 19.5. The Balaban J connectivity index is 2.17. The van der Waals surface area contributed by atoms with E-state index in [9.17, 15) is 4.79 Å². The van der Waals surface area contributed by atoms with Gasteiger partial charge in [-0.25, -0.2) is 4.98 Å². The lowest BCUT2D eigenvalue weighted by atomic mass is 10.1. The van der Waals surface area contributed by atoms with E-state index in [0.717, 1.165) is 32.4 Å². The van der Waals surface area contributed by atoms with Crippen LogP contribution >= 0.6 is 0 Å². The fraction of sp³-hybridized carbons (Fsp3) is 0.667. The number of aromatic nitrogens is 2. The first kappa shape index (κ1) is 14.8. The number of amides is 1. The van der Waals surface area contributed by atoms with Gasteiger partial charge in [-0.15, -0.1) is 0 Å². The monoisotopic (exact) mass is 276 g/mol. The summed E-state index contributed by atoms with van der Waals surface area (Å²) in [6.45, 7) is 5.76. The molecule has 1 amide bonds. The molecule has 1 unspecified atom stereocenters. The van der Waals surface area contributed by atoms with Crippen molar-refractivity contribution in [3.63, 3.8) is 0 Å². The lowest BCUT2D eigenvalue weighted by Crippen LogP contribution is -2.40. The molecule has 0 aromatic carbocycles. The molecule has 1 saturated heterocycles.